The van der Waals surface area contributed by atoms with E-state index in [4.69, 9.17) is 21.8 Å². The van der Waals surface area contributed by atoms with Crippen LogP contribution in [-0.2, 0) is 0 Å². The summed E-state index contributed by atoms with van der Waals surface area (Å²) in [6.45, 7) is 1.29. The molecule has 0 aliphatic carbocycles. The van der Waals surface area contributed by atoms with E-state index in [1.807, 2.05) is 0 Å². The molecule has 0 heterocycles. The summed E-state index contributed by atoms with van der Waals surface area (Å²) in [6.07, 6.45) is 0. The second-order valence-electron chi connectivity index (χ2n) is 2.38. The standard InChI is InChI=1S/C8H7ClO3/c1-4(10)5-2-8(12)6(9)3-7(5)11/h2-3,11-12H,1H3. The van der Waals surface area contributed by atoms with Crippen LogP contribution in [0.1, 0.15) is 17.3 Å². The van der Waals surface area contributed by atoms with Gasteiger partial charge in [-0.1, -0.05) is 11.6 Å². The van der Waals surface area contributed by atoms with Crippen LogP contribution in [0.25, 0.3) is 0 Å². The van der Waals surface area contributed by atoms with Crippen LogP contribution in [0.2, 0.25) is 5.02 Å². The highest BCUT2D eigenvalue weighted by Crippen LogP contribution is 2.30. The van der Waals surface area contributed by atoms with Gasteiger partial charge in [0.05, 0.1) is 10.6 Å². The molecule has 0 amide bonds. The third-order valence-electron chi connectivity index (χ3n) is 1.44. The van der Waals surface area contributed by atoms with Gasteiger partial charge in [-0.25, -0.2) is 0 Å². The number of rotatable bonds is 1. The molecule has 1 aromatic carbocycles. The first kappa shape index (κ1) is 8.87. The van der Waals surface area contributed by atoms with Crippen LogP contribution in [0.4, 0.5) is 0 Å². The number of ketones is 1. The molecule has 0 bridgehead atoms. The Kier molecular flexibility index (Phi) is 2.24. The first-order chi connectivity index (χ1) is 5.52. The molecule has 4 heteroatoms. The number of phenolic OH excluding ortho intramolecular Hbond substituents is 2. The van der Waals surface area contributed by atoms with E-state index >= 15 is 0 Å². The zero-order chi connectivity index (χ0) is 9.30. The third-order valence-corrected chi connectivity index (χ3v) is 1.75. The predicted octanol–water partition coefficient (Wildman–Crippen LogP) is 1.95. The molecule has 0 unspecified atom stereocenters. The molecule has 0 atom stereocenters. The lowest BCUT2D eigenvalue weighted by Crippen LogP contribution is -1.92. The highest BCUT2D eigenvalue weighted by Gasteiger charge is 2.09. The number of benzene rings is 1. The number of hydrogen-bond acceptors (Lipinski definition) is 3. The molecule has 0 aliphatic heterocycles. The van der Waals surface area contributed by atoms with Gasteiger partial charge in [0.1, 0.15) is 11.5 Å². The van der Waals surface area contributed by atoms with Gasteiger partial charge in [0, 0.05) is 6.07 Å². The quantitative estimate of drug-likeness (QED) is 0.521. The number of phenols is 2. The van der Waals surface area contributed by atoms with Crippen LogP contribution in [0.3, 0.4) is 0 Å². The molecule has 0 aliphatic rings. The van der Waals surface area contributed by atoms with E-state index in [9.17, 15) is 4.79 Å². The Morgan fingerprint density at radius 2 is 1.92 bits per heavy atom. The zero-order valence-electron chi connectivity index (χ0n) is 6.34. The van der Waals surface area contributed by atoms with E-state index in [1.165, 1.54) is 6.92 Å². The first-order valence-corrected chi connectivity index (χ1v) is 3.62. The van der Waals surface area contributed by atoms with Gasteiger partial charge in [-0.05, 0) is 13.0 Å². The van der Waals surface area contributed by atoms with Crippen LogP contribution in [0.15, 0.2) is 12.1 Å². The van der Waals surface area contributed by atoms with Crippen molar-refractivity contribution in [2.75, 3.05) is 0 Å². The summed E-state index contributed by atoms with van der Waals surface area (Å²) in [4.78, 5) is 10.8. The maximum atomic E-state index is 10.8. The molecule has 1 aromatic rings. The highest BCUT2D eigenvalue weighted by atomic mass is 35.5. The summed E-state index contributed by atoms with van der Waals surface area (Å²) >= 11 is 5.47. The number of hydrogen-bond donors (Lipinski definition) is 2. The molecule has 1 rings (SSSR count). The van der Waals surface area contributed by atoms with Crippen molar-refractivity contribution in [2.45, 2.75) is 6.92 Å². The fourth-order valence-electron chi connectivity index (χ4n) is 0.833. The first-order valence-electron chi connectivity index (χ1n) is 3.25. The molecule has 12 heavy (non-hydrogen) atoms. The average molecular weight is 187 g/mol. The molecular formula is C8H7ClO3. The minimum Gasteiger partial charge on any atom is -0.507 e. The van der Waals surface area contributed by atoms with E-state index in [1.54, 1.807) is 0 Å². The summed E-state index contributed by atoms with van der Waals surface area (Å²) in [7, 11) is 0. The number of carbonyl (C=O) groups excluding carboxylic acids is 1. The van der Waals surface area contributed by atoms with Gasteiger partial charge in [-0.3, -0.25) is 4.79 Å². The van der Waals surface area contributed by atoms with E-state index < -0.39 is 0 Å². The van der Waals surface area contributed by atoms with Gasteiger partial charge in [-0.15, -0.1) is 0 Å². The van der Waals surface area contributed by atoms with Gasteiger partial charge >= 0.3 is 0 Å². The maximum Gasteiger partial charge on any atom is 0.163 e. The molecule has 64 valence electrons. The van der Waals surface area contributed by atoms with Crippen molar-refractivity contribution >= 4 is 17.4 Å². The summed E-state index contributed by atoms with van der Waals surface area (Å²) in [5.74, 6) is -0.746. The average Bonchev–Trinajstić information content (AvgIpc) is 1.96. The Balaban J connectivity index is 3.33. The smallest absolute Gasteiger partial charge is 0.163 e. The van der Waals surface area contributed by atoms with Crippen LogP contribution in [0, 0.1) is 0 Å². The Morgan fingerprint density at radius 1 is 1.33 bits per heavy atom. The number of aromatic hydroxyl groups is 2. The molecule has 0 aromatic heterocycles. The largest absolute Gasteiger partial charge is 0.507 e. The molecule has 3 nitrogen and oxygen atoms in total. The monoisotopic (exact) mass is 186 g/mol. The van der Waals surface area contributed by atoms with Crippen molar-refractivity contribution in [3.63, 3.8) is 0 Å². The van der Waals surface area contributed by atoms with Gasteiger partial charge in [0.2, 0.25) is 0 Å². The Bertz CT molecular complexity index is 333. The SMILES string of the molecule is CC(=O)c1cc(O)c(Cl)cc1O. The predicted molar refractivity (Wildman–Crippen MR) is 44.8 cm³/mol. The Labute approximate surface area is 74.2 Å². The van der Waals surface area contributed by atoms with Crippen LogP contribution < -0.4 is 0 Å². The number of Topliss-reactive ketones (excluding diaryl/α,β-unsaturated/α-hetero) is 1. The molecule has 0 fully saturated rings. The minimum atomic E-state index is -0.320. The molecular weight excluding hydrogens is 180 g/mol. The van der Waals surface area contributed by atoms with Crippen LogP contribution >= 0.6 is 11.6 Å². The van der Waals surface area contributed by atoms with Gasteiger partial charge in [0.25, 0.3) is 0 Å². The van der Waals surface area contributed by atoms with Crippen LogP contribution in [0.5, 0.6) is 11.5 Å². The molecule has 0 saturated carbocycles. The second kappa shape index (κ2) is 3.03. The Hall–Kier alpha value is -1.22. The number of carbonyl (C=O) groups is 1. The van der Waals surface area contributed by atoms with Crippen molar-refractivity contribution in [3.8, 4) is 11.5 Å². The second-order valence-corrected chi connectivity index (χ2v) is 2.78. The van der Waals surface area contributed by atoms with Crippen molar-refractivity contribution in [3.05, 3.63) is 22.7 Å². The lowest BCUT2D eigenvalue weighted by Gasteiger charge is -2.02. The van der Waals surface area contributed by atoms with E-state index in [2.05, 4.69) is 0 Å². The van der Waals surface area contributed by atoms with Crippen molar-refractivity contribution in [1.82, 2.24) is 0 Å². The minimum absolute atomic E-state index is 0.0255. The van der Waals surface area contributed by atoms with Crippen LogP contribution in [-0.4, -0.2) is 16.0 Å². The van der Waals surface area contributed by atoms with Crippen molar-refractivity contribution < 1.29 is 15.0 Å². The van der Waals surface area contributed by atoms with Crippen molar-refractivity contribution in [1.29, 1.82) is 0 Å². The zero-order valence-corrected chi connectivity index (χ0v) is 7.09. The fourth-order valence-corrected chi connectivity index (χ4v) is 0.991. The molecule has 0 radical (unpaired) electrons. The third kappa shape index (κ3) is 1.51. The molecule has 0 saturated heterocycles. The van der Waals surface area contributed by atoms with Gasteiger partial charge in [-0.2, -0.15) is 0 Å². The number of halogens is 1. The maximum absolute atomic E-state index is 10.8. The summed E-state index contributed by atoms with van der Waals surface area (Å²) in [5, 5.41) is 18.3. The lowest BCUT2D eigenvalue weighted by atomic mass is 10.1. The van der Waals surface area contributed by atoms with Gasteiger partial charge in [0.15, 0.2) is 5.78 Å². The topological polar surface area (TPSA) is 57.5 Å². The fraction of sp³-hybridized carbons (Fsp3) is 0.125. The Morgan fingerprint density at radius 3 is 2.42 bits per heavy atom. The normalized spacial score (nSPS) is 9.83. The van der Waals surface area contributed by atoms with E-state index in [-0.39, 0.29) is 27.9 Å². The lowest BCUT2D eigenvalue weighted by molar-refractivity contribution is 0.101. The molecule has 0 spiro atoms. The summed E-state index contributed by atoms with van der Waals surface area (Å²) < 4.78 is 0. The van der Waals surface area contributed by atoms with E-state index in [0.717, 1.165) is 12.1 Å². The van der Waals surface area contributed by atoms with Gasteiger partial charge < -0.3 is 10.2 Å². The summed E-state index contributed by atoms with van der Waals surface area (Å²) in [5.41, 5.74) is 0.0666. The highest BCUT2D eigenvalue weighted by molar-refractivity contribution is 6.32. The van der Waals surface area contributed by atoms with Crippen molar-refractivity contribution in [2.24, 2.45) is 0 Å². The molecule has 2 N–H and O–H groups in total. The summed E-state index contributed by atoms with van der Waals surface area (Å²) in [6, 6.07) is 2.27. The van der Waals surface area contributed by atoms with E-state index in [0.29, 0.717) is 0 Å².